The van der Waals surface area contributed by atoms with E-state index in [1.807, 2.05) is 24.3 Å². The van der Waals surface area contributed by atoms with Crippen LogP contribution in [0.3, 0.4) is 0 Å². The van der Waals surface area contributed by atoms with Crippen LogP contribution in [0, 0.1) is 0 Å². The quantitative estimate of drug-likeness (QED) is 0.720. The number of hydrogen-bond acceptors (Lipinski definition) is 1. The van der Waals surface area contributed by atoms with Gasteiger partial charge in [0.1, 0.15) is 6.29 Å². The maximum absolute atomic E-state index is 10.6. The molecule has 0 amide bonds. The Labute approximate surface area is 107 Å². The van der Waals surface area contributed by atoms with Crippen molar-refractivity contribution in [2.75, 3.05) is 0 Å². The van der Waals surface area contributed by atoms with E-state index in [4.69, 9.17) is 0 Å². The molecule has 0 bridgehead atoms. The Bertz CT molecular complexity index is 533. The third-order valence-electron chi connectivity index (χ3n) is 3.87. The summed E-state index contributed by atoms with van der Waals surface area (Å²) in [5.41, 5.74) is 4.58. The average Bonchev–Trinajstić information content (AvgIpc) is 2.38. The lowest BCUT2D eigenvalue weighted by molar-refractivity contribution is 0.112. The molecule has 0 N–H and O–H groups in total. The van der Waals surface area contributed by atoms with E-state index in [0.717, 1.165) is 17.8 Å². The van der Waals surface area contributed by atoms with Gasteiger partial charge in [0.05, 0.1) is 0 Å². The maximum Gasteiger partial charge on any atom is 0.150 e. The number of carbonyl (C=O) groups is 1. The van der Waals surface area contributed by atoms with E-state index in [1.54, 1.807) is 0 Å². The Morgan fingerprint density at radius 2 is 1.39 bits per heavy atom. The lowest BCUT2D eigenvalue weighted by atomic mass is 9.80. The molecule has 90 valence electrons. The third kappa shape index (κ3) is 2.08. The zero-order valence-electron chi connectivity index (χ0n) is 10.3. The summed E-state index contributed by atoms with van der Waals surface area (Å²) < 4.78 is 0. The lowest BCUT2D eigenvalue weighted by Gasteiger charge is -2.25. The van der Waals surface area contributed by atoms with Crippen LogP contribution in [-0.2, 0) is 0 Å². The summed E-state index contributed by atoms with van der Waals surface area (Å²) in [4.78, 5) is 10.6. The van der Waals surface area contributed by atoms with Crippen molar-refractivity contribution in [3.63, 3.8) is 0 Å². The van der Waals surface area contributed by atoms with Crippen molar-refractivity contribution >= 4 is 6.29 Å². The third-order valence-corrected chi connectivity index (χ3v) is 3.87. The van der Waals surface area contributed by atoms with Crippen molar-refractivity contribution in [3.8, 4) is 11.1 Å². The van der Waals surface area contributed by atoms with Crippen molar-refractivity contribution in [1.29, 1.82) is 0 Å². The maximum atomic E-state index is 10.6. The van der Waals surface area contributed by atoms with Gasteiger partial charge in [-0.15, -0.1) is 0 Å². The molecule has 1 aliphatic rings. The van der Waals surface area contributed by atoms with E-state index in [2.05, 4.69) is 24.3 Å². The Balaban J connectivity index is 1.84. The first-order valence-corrected chi connectivity index (χ1v) is 6.52. The van der Waals surface area contributed by atoms with Crippen LogP contribution in [0.1, 0.15) is 41.1 Å². The molecule has 0 atom stereocenters. The van der Waals surface area contributed by atoms with Crippen LogP contribution in [0.4, 0.5) is 0 Å². The number of hydrogen-bond donors (Lipinski definition) is 0. The summed E-state index contributed by atoms with van der Waals surface area (Å²) in [6.45, 7) is 0. The van der Waals surface area contributed by atoms with Gasteiger partial charge in [0.2, 0.25) is 0 Å². The van der Waals surface area contributed by atoms with Crippen molar-refractivity contribution in [1.82, 2.24) is 0 Å². The Morgan fingerprint density at radius 1 is 0.833 bits per heavy atom. The predicted molar refractivity (Wildman–Crippen MR) is 73.9 cm³/mol. The molecule has 0 aromatic heterocycles. The molecule has 0 radical (unpaired) electrons. The predicted octanol–water partition coefficient (Wildman–Crippen LogP) is 4.43. The number of benzene rings is 2. The fraction of sp³-hybridized carbons (Fsp3) is 0.235. The largest absolute Gasteiger partial charge is 0.298 e. The van der Waals surface area contributed by atoms with Crippen LogP contribution in [0.2, 0.25) is 0 Å². The molecule has 0 aliphatic heterocycles. The summed E-state index contributed by atoms with van der Waals surface area (Å²) in [5.74, 6) is 0.788. The molecular formula is C17H16O. The smallest absolute Gasteiger partial charge is 0.150 e. The fourth-order valence-corrected chi connectivity index (χ4v) is 2.44. The Hall–Kier alpha value is -1.89. The van der Waals surface area contributed by atoms with Crippen molar-refractivity contribution in [3.05, 3.63) is 59.7 Å². The van der Waals surface area contributed by atoms with Crippen molar-refractivity contribution in [2.45, 2.75) is 25.2 Å². The standard InChI is InChI=1S/C17H16O/c18-12-13-4-6-15(7-5-13)17-10-8-16(9-11-17)14-2-1-3-14/h4-12,14H,1-3H2. The molecule has 1 aliphatic carbocycles. The zero-order chi connectivity index (χ0) is 12.4. The highest BCUT2D eigenvalue weighted by Gasteiger charge is 2.18. The van der Waals surface area contributed by atoms with Gasteiger partial charge in [0, 0.05) is 5.56 Å². The summed E-state index contributed by atoms with van der Waals surface area (Å²) >= 11 is 0. The van der Waals surface area contributed by atoms with Gasteiger partial charge in [-0.2, -0.15) is 0 Å². The first-order chi connectivity index (χ1) is 8.86. The van der Waals surface area contributed by atoms with Gasteiger partial charge in [0.25, 0.3) is 0 Å². The highest BCUT2D eigenvalue weighted by atomic mass is 16.1. The summed E-state index contributed by atoms with van der Waals surface area (Å²) in [5, 5.41) is 0. The van der Waals surface area contributed by atoms with Gasteiger partial charge in [0.15, 0.2) is 0 Å². The van der Waals surface area contributed by atoms with E-state index in [0.29, 0.717) is 0 Å². The van der Waals surface area contributed by atoms with E-state index >= 15 is 0 Å². The van der Waals surface area contributed by atoms with E-state index < -0.39 is 0 Å². The number of rotatable bonds is 3. The molecule has 0 unspecified atom stereocenters. The monoisotopic (exact) mass is 236 g/mol. The molecule has 1 nitrogen and oxygen atoms in total. The molecule has 18 heavy (non-hydrogen) atoms. The van der Waals surface area contributed by atoms with Gasteiger partial charge >= 0.3 is 0 Å². The molecular weight excluding hydrogens is 220 g/mol. The molecule has 0 heterocycles. The second-order valence-electron chi connectivity index (χ2n) is 4.99. The average molecular weight is 236 g/mol. The van der Waals surface area contributed by atoms with Crippen molar-refractivity contribution in [2.24, 2.45) is 0 Å². The number of carbonyl (C=O) groups excluding carboxylic acids is 1. The second-order valence-corrected chi connectivity index (χ2v) is 4.99. The van der Waals surface area contributed by atoms with E-state index in [-0.39, 0.29) is 0 Å². The van der Waals surface area contributed by atoms with Crippen LogP contribution in [0.15, 0.2) is 48.5 Å². The Kier molecular flexibility index (Phi) is 2.97. The molecule has 1 heteroatoms. The molecule has 0 spiro atoms. The second kappa shape index (κ2) is 4.77. The van der Waals surface area contributed by atoms with Crippen molar-refractivity contribution < 1.29 is 4.79 Å². The molecule has 2 aromatic carbocycles. The molecule has 3 rings (SSSR count). The van der Waals surface area contributed by atoms with E-state index in [9.17, 15) is 4.79 Å². The van der Waals surface area contributed by atoms with Gasteiger partial charge in [-0.25, -0.2) is 0 Å². The summed E-state index contributed by atoms with van der Waals surface area (Å²) in [6, 6.07) is 16.6. The van der Waals surface area contributed by atoms with Gasteiger partial charge in [-0.1, -0.05) is 55.0 Å². The first kappa shape index (κ1) is 11.2. The van der Waals surface area contributed by atoms with Crippen LogP contribution >= 0.6 is 0 Å². The SMILES string of the molecule is O=Cc1ccc(-c2ccc(C3CCC3)cc2)cc1. The van der Waals surface area contributed by atoms with E-state index in [1.165, 1.54) is 36.0 Å². The lowest BCUT2D eigenvalue weighted by Crippen LogP contribution is -2.08. The van der Waals surface area contributed by atoms with Crippen LogP contribution in [0.5, 0.6) is 0 Å². The van der Waals surface area contributed by atoms with Crippen LogP contribution in [-0.4, -0.2) is 6.29 Å². The molecule has 2 aromatic rings. The number of aldehydes is 1. The molecule has 0 saturated heterocycles. The summed E-state index contributed by atoms with van der Waals surface area (Å²) in [6.07, 6.45) is 4.93. The Morgan fingerprint density at radius 3 is 1.83 bits per heavy atom. The van der Waals surface area contributed by atoms with Gasteiger partial charge in [-0.05, 0) is 35.4 Å². The highest BCUT2D eigenvalue weighted by Crippen LogP contribution is 2.36. The molecule has 1 fully saturated rings. The zero-order valence-corrected chi connectivity index (χ0v) is 10.3. The fourth-order valence-electron chi connectivity index (χ4n) is 2.44. The van der Waals surface area contributed by atoms with Crippen LogP contribution in [0.25, 0.3) is 11.1 Å². The van der Waals surface area contributed by atoms with Gasteiger partial charge < -0.3 is 0 Å². The van der Waals surface area contributed by atoms with Crippen LogP contribution < -0.4 is 0 Å². The normalized spacial score (nSPS) is 15.1. The topological polar surface area (TPSA) is 17.1 Å². The van der Waals surface area contributed by atoms with Gasteiger partial charge in [-0.3, -0.25) is 4.79 Å². The highest BCUT2D eigenvalue weighted by molar-refractivity contribution is 5.76. The first-order valence-electron chi connectivity index (χ1n) is 6.52. The summed E-state index contributed by atoms with van der Waals surface area (Å²) in [7, 11) is 0. The molecule has 1 saturated carbocycles. The minimum absolute atomic E-state index is 0.727. The minimum Gasteiger partial charge on any atom is -0.298 e. The minimum atomic E-state index is 0.727.